The molecule has 0 heterocycles. The van der Waals surface area contributed by atoms with E-state index in [2.05, 4.69) is 10.3 Å². The van der Waals surface area contributed by atoms with E-state index in [0.717, 1.165) is 0 Å². The molecule has 0 radical (unpaired) electrons. The second-order valence-corrected chi connectivity index (χ2v) is 4.05. The van der Waals surface area contributed by atoms with Gasteiger partial charge in [-0.05, 0) is 13.8 Å². The summed E-state index contributed by atoms with van der Waals surface area (Å²) in [7, 11) is 0. The van der Waals surface area contributed by atoms with Gasteiger partial charge in [0, 0.05) is 0 Å². The van der Waals surface area contributed by atoms with Crippen LogP contribution in [0.3, 0.4) is 0 Å². The van der Waals surface area contributed by atoms with Crippen molar-refractivity contribution in [1.29, 1.82) is 0 Å². The first-order valence-electron chi connectivity index (χ1n) is 2.72. The Labute approximate surface area is 71.7 Å². The van der Waals surface area contributed by atoms with Crippen LogP contribution in [0.2, 0.25) is 10.3 Å². The molecule has 10 heavy (non-hydrogen) atoms. The Morgan fingerprint density at radius 1 is 1.10 bits per heavy atom. The Balaban J connectivity index is 0. The summed E-state index contributed by atoms with van der Waals surface area (Å²) in [6.45, 7) is 2.81. The summed E-state index contributed by atoms with van der Waals surface area (Å²) in [6, 6.07) is 0. The number of carbonyl (C=O) groups is 2. The average Bonchev–Trinajstić information content (AvgIpc) is 1.62. The predicted octanol–water partition coefficient (Wildman–Crippen LogP) is 1.72. The number of hydrogen-bond donors (Lipinski definition) is 0. The number of ketones is 2. The third-order valence-corrected chi connectivity index (χ3v) is 0.498. The minimum atomic E-state index is -0.0625. The summed E-state index contributed by atoms with van der Waals surface area (Å²) in [5.41, 5.74) is 0. The maximum atomic E-state index is 10.0. The van der Waals surface area contributed by atoms with Crippen molar-refractivity contribution in [2.45, 2.75) is 30.6 Å². The zero-order valence-electron chi connectivity index (χ0n) is 6.83. The number of Topliss-reactive ketones (excluding diaryl/α,β-unsaturated/α-hetero) is 2. The third-order valence-electron chi connectivity index (χ3n) is 0.498. The van der Waals surface area contributed by atoms with Gasteiger partial charge in [-0.25, -0.2) is 0 Å². The van der Waals surface area contributed by atoms with Gasteiger partial charge in [-0.2, -0.15) is 0 Å². The normalized spacial score (nSPS) is 8.00. The molecule has 0 spiro atoms. The Morgan fingerprint density at radius 3 is 1.30 bits per heavy atom. The van der Waals surface area contributed by atoms with Gasteiger partial charge >= 0.3 is 30.0 Å². The molecule has 0 amide bonds. The number of hydrogen-bond acceptors (Lipinski definition) is 2. The van der Waals surface area contributed by atoms with E-state index in [1.54, 1.807) is 0 Å². The van der Waals surface area contributed by atoms with Crippen LogP contribution in [0, 0.1) is 0 Å². The van der Waals surface area contributed by atoms with E-state index in [0.29, 0.717) is 19.8 Å². The minimum absolute atomic E-state index is 0.0625. The molecule has 0 aliphatic rings. The van der Waals surface area contributed by atoms with Crippen LogP contribution in [0.25, 0.3) is 0 Å². The quantitative estimate of drug-likeness (QED) is 0.572. The van der Waals surface area contributed by atoms with Crippen LogP contribution in [0.4, 0.5) is 0 Å². The summed E-state index contributed by atoms with van der Waals surface area (Å²) in [6.07, 6.45) is 0.0833. The maximum absolute atomic E-state index is 10.0. The molecule has 0 aromatic rings. The Bertz CT molecular complexity index is 98.2. The summed E-state index contributed by atoms with van der Waals surface area (Å²) >= 11 is 0.667. The van der Waals surface area contributed by atoms with E-state index < -0.39 is 0 Å². The van der Waals surface area contributed by atoms with Crippen LogP contribution >= 0.6 is 0 Å². The SMILES string of the molecule is CC(=O)CC(C)=O.[CH3][Au][CH3]. The van der Waals surface area contributed by atoms with Crippen LogP contribution in [0.5, 0.6) is 0 Å². The predicted molar refractivity (Wildman–Crippen MR) is 37.7 cm³/mol. The molecule has 0 fully saturated rings. The van der Waals surface area contributed by atoms with Crippen molar-refractivity contribution >= 4 is 11.6 Å². The van der Waals surface area contributed by atoms with Crippen molar-refractivity contribution in [2.75, 3.05) is 0 Å². The van der Waals surface area contributed by atoms with E-state index in [9.17, 15) is 9.59 Å². The fraction of sp³-hybridized carbons (Fsp3) is 0.714. The molecular formula is C7H14AuO2. The molecule has 0 aliphatic heterocycles. The molecule has 0 aromatic carbocycles. The third kappa shape index (κ3) is 24.3. The van der Waals surface area contributed by atoms with Crippen molar-refractivity contribution in [1.82, 2.24) is 0 Å². The van der Waals surface area contributed by atoms with E-state index in [4.69, 9.17) is 0 Å². The Kier molecular flexibility index (Phi) is 11.6. The van der Waals surface area contributed by atoms with Crippen LogP contribution in [-0.2, 0) is 29.3 Å². The Hall–Kier alpha value is 0.0803. The fourth-order valence-corrected chi connectivity index (χ4v) is 0.351. The first kappa shape index (κ1) is 12.7. The van der Waals surface area contributed by atoms with Gasteiger partial charge < -0.3 is 0 Å². The zero-order chi connectivity index (χ0) is 8.57. The Morgan fingerprint density at radius 2 is 1.30 bits per heavy atom. The molecule has 0 unspecified atom stereocenters. The van der Waals surface area contributed by atoms with Gasteiger partial charge in [-0.1, -0.05) is 0 Å². The summed E-state index contributed by atoms with van der Waals surface area (Å²) < 4.78 is 0. The van der Waals surface area contributed by atoms with Gasteiger partial charge in [0.25, 0.3) is 0 Å². The standard InChI is InChI=1S/C5H8O2.2CH3.Au/c1-4(6)3-5(2)7;;;/h3H2,1-2H3;2*1H3;. The fourth-order valence-electron chi connectivity index (χ4n) is 0.351. The monoisotopic (exact) mass is 327 g/mol. The molecule has 2 nitrogen and oxygen atoms in total. The molecule has 0 bridgehead atoms. The van der Waals surface area contributed by atoms with E-state index in [-0.39, 0.29) is 18.0 Å². The van der Waals surface area contributed by atoms with Crippen molar-refractivity contribution < 1.29 is 29.3 Å². The first-order valence-corrected chi connectivity index (χ1v) is 7.05. The van der Waals surface area contributed by atoms with Crippen LogP contribution < -0.4 is 0 Å². The second kappa shape index (κ2) is 9.08. The summed E-state index contributed by atoms with van der Waals surface area (Å²) in [5.74, 6) is -0.125. The molecule has 0 rings (SSSR count). The van der Waals surface area contributed by atoms with Crippen LogP contribution in [0.15, 0.2) is 0 Å². The van der Waals surface area contributed by atoms with Gasteiger partial charge in [0.2, 0.25) is 0 Å². The van der Waals surface area contributed by atoms with Crippen LogP contribution in [-0.4, -0.2) is 11.6 Å². The van der Waals surface area contributed by atoms with Crippen molar-refractivity contribution in [3.63, 3.8) is 0 Å². The second-order valence-electron chi connectivity index (χ2n) is 1.88. The first-order chi connectivity index (χ1) is 4.54. The molecular weight excluding hydrogens is 313 g/mol. The van der Waals surface area contributed by atoms with Crippen molar-refractivity contribution in [3.05, 3.63) is 0 Å². The zero-order valence-corrected chi connectivity index (χ0v) is 8.99. The van der Waals surface area contributed by atoms with Crippen molar-refractivity contribution in [2.24, 2.45) is 0 Å². The summed E-state index contributed by atoms with van der Waals surface area (Å²) in [5, 5.41) is 4.44. The molecule has 0 atom stereocenters. The van der Waals surface area contributed by atoms with E-state index in [1.807, 2.05) is 0 Å². The molecule has 0 saturated heterocycles. The molecule has 0 aromatic heterocycles. The van der Waals surface area contributed by atoms with Crippen molar-refractivity contribution in [3.8, 4) is 0 Å². The van der Waals surface area contributed by atoms with Gasteiger partial charge in [0.15, 0.2) is 0 Å². The van der Waals surface area contributed by atoms with E-state index >= 15 is 0 Å². The topological polar surface area (TPSA) is 34.1 Å². The van der Waals surface area contributed by atoms with Crippen LogP contribution in [0.1, 0.15) is 20.3 Å². The van der Waals surface area contributed by atoms with E-state index in [1.165, 1.54) is 13.8 Å². The molecule has 65 valence electrons. The average molecular weight is 327 g/mol. The number of rotatable bonds is 2. The van der Waals surface area contributed by atoms with Gasteiger partial charge in [-0.3, -0.25) is 9.59 Å². The van der Waals surface area contributed by atoms with Gasteiger partial charge in [-0.15, -0.1) is 0 Å². The molecule has 0 aliphatic carbocycles. The molecule has 0 saturated carbocycles. The molecule has 3 heteroatoms. The van der Waals surface area contributed by atoms with Gasteiger partial charge in [0.05, 0.1) is 6.42 Å². The summed E-state index contributed by atoms with van der Waals surface area (Å²) in [4.78, 5) is 20.1. The number of carbonyl (C=O) groups excluding carboxylic acids is 2. The van der Waals surface area contributed by atoms with Gasteiger partial charge in [0.1, 0.15) is 11.6 Å². The molecule has 0 N–H and O–H groups in total.